The Morgan fingerprint density at radius 2 is 1.92 bits per heavy atom. The van der Waals surface area contributed by atoms with Crippen LogP contribution in [0.15, 0.2) is 24.5 Å². The van der Waals surface area contributed by atoms with Crippen molar-refractivity contribution in [2.75, 3.05) is 0 Å². The fourth-order valence-electron chi connectivity index (χ4n) is 1.22. The van der Waals surface area contributed by atoms with Crippen molar-refractivity contribution in [1.29, 1.82) is 0 Å². The van der Waals surface area contributed by atoms with E-state index in [4.69, 9.17) is 5.73 Å². The molecule has 0 saturated heterocycles. The average molecular weight is 166 g/mol. The highest BCUT2D eigenvalue weighted by Crippen LogP contribution is 2.07. The zero-order valence-electron chi connectivity index (χ0n) is 7.90. The van der Waals surface area contributed by atoms with Crippen LogP contribution in [0.2, 0.25) is 0 Å². The lowest BCUT2D eigenvalue weighted by molar-refractivity contribution is 0.397. The van der Waals surface area contributed by atoms with Crippen LogP contribution in [0.1, 0.15) is 20.3 Å². The fourth-order valence-corrected chi connectivity index (χ4v) is 1.22. The van der Waals surface area contributed by atoms with Gasteiger partial charge in [-0.3, -0.25) is 0 Å². The van der Waals surface area contributed by atoms with E-state index in [0.29, 0.717) is 5.92 Å². The quantitative estimate of drug-likeness (QED) is 0.727. The summed E-state index contributed by atoms with van der Waals surface area (Å²) < 4.78 is 2.14. The van der Waals surface area contributed by atoms with Gasteiger partial charge in [0.05, 0.1) is 0 Å². The second-order valence-electron chi connectivity index (χ2n) is 3.43. The first kappa shape index (κ1) is 9.33. The summed E-state index contributed by atoms with van der Waals surface area (Å²) in [4.78, 5) is 0. The van der Waals surface area contributed by atoms with Crippen molar-refractivity contribution < 1.29 is 0 Å². The summed E-state index contributed by atoms with van der Waals surface area (Å²) in [6.45, 7) is 5.32. The maximum absolute atomic E-state index is 6.00. The van der Waals surface area contributed by atoms with Crippen molar-refractivity contribution in [1.82, 2.24) is 4.57 Å². The second-order valence-corrected chi connectivity index (χ2v) is 3.43. The molecule has 1 rings (SSSR count). The van der Waals surface area contributed by atoms with E-state index in [1.165, 1.54) is 0 Å². The molecule has 0 aliphatic rings. The van der Waals surface area contributed by atoms with Crippen molar-refractivity contribution in [3.63, 3.8) is 0 Å². The largest absolute Gasteiger partial charge is 0.353 e. The van der Waals surface area contributed by atoms with Gasteiger partial charge in [0, 0.05) is 25.0 Å². The SMILES string of the molecule is CCC(C)C(N)Cn1cccc1. The molecule has 1 heterocycles. The van der Waals surface area contributed by atoms with E-state index in [1.807, 2.05) is 12.1 Å². The van der Waals surface area contributed by atoms with Crippen LogP contribution in [0.25, 0.3) is 0 Å². The zero-order chi connectivity index (χ0) is 8.97. The Balaban J connectivity index is 2.41. The van der Waals surface area contributed by atoms with E-state index in [9.17, 15) is 0 Å². The first-order chi connectivity index (χ1) is 5.74. The molecule has 2 unspecified atom stereocenters. The third-order valence-electron chi connectivity index (χ3n) is 2.46. The van der Waals surface area contributed by atoms with E-state index in [1.54, 1.807) is 0 Å². The highest BCUT2D eigenvalue weighted by Gasteiger charge is 2.09. The normalized spacial score (nSPS) is 15.9. The van der Waals surface area contributed by atoms with E-state index < -0.39 is 0 Å². The van der Waals surface area contributed by atoms with Gasteiger partial charge in [-0.25, -0.2) is 0 Å². The van der Waals surface area contributed by atoms with Gasteiger partial charge in [-0.1, -0.05) is 20.3 Å². The van der Waals surface area contributed by atoms with Crippen LogP contribution in [-0.2, 0) is 6.54 Å². The minimum absolute atomic E-state index is 0.280. The minimum atomic E-state index is 0.280. The van der Waals surface area contributed by atoms with Crippen molar-refractivity contribution in [2.45, 2.75) is 32.9 Å². The Kier molecular flexibility index (Phi) is 3.35. The monoisotopic (exact) mass is 166 g/mol. The van der Waals surface area contributed by atoms with Gasteiger partial charge in [0.15, 0.2) is 0 Å². The van der Waals surface area contributed by atoms with Gasteiger partial charge < -0.3 is 10.3 Å². The first-order valence-electron chi connectivity index (χ1n) is 4.60. The molecule has 1 aromatic heterocycles. The molecule has 0 saturated carbocycles. The number of aromatic nitrogens is 1. The second kappa shape index (κ2) is 4.31. The summed E-state index contributed by atoms with van der Waals surface area (Å²) in [6, 6.07) is 4.34. The topological polar surface area (TPSA) is 30.9 Å². The number of hydrogen-bond donors (Lipinski definition) is 1. The summed E-state index contributed by atoms with van der Waals surface area (Å²) >= 11 is 0. The Hall–Kier alpha value is -0.760. The Morgan fingerprint density at radius 3 is 2.42 bits per heavy atom. The maximum Gasteiger partial charge on any atom is 0.0374 e. The van der Waals surface area contributed by atoms with Crippen LogP contribution in [0.5, 0.6) is 0 Å². The van der Waals surface area contributed by atoms with Crippen LogP contribution in [0, 0.1) is 5.92 Å². The molecule has 1 aromatic rings. The van der Waals surface area contributed by atoms with Crippen LogP contribution >= 0.6 is 0 Å². The minimum Gasteiger partial charge on any atom is -0.353 e. The molecule has 12 heavy (non-hydrogen) atoms. The Morgan fingerprint density at radius 1 is 1.33 bits per heavy atom. The van der Waals surface area contributed by atoms with E-state index in [-0.39, 0.29) is 6.04 Å². The highest BCUT2D eigenvalue weighted by molar-refractivity contribution is 4.91. The summed E-state index contributed by atoms with van der Waals surface area (Å²) in [5, 5.41) is 0. The predicted molar refractivity (Wildman–Crippen MR) is 51.9 cm³/mol. The van der Waals surface area contributed by atoms with Crippen molar-refractivity contribution in [2.24, 2.45) is 11.7 Å². The smallest absolute Gasteiger partial charge is 0.0374 e. The lowest BCUT2D eigenvalue weighted by Crippen LogP contribution is -2.32. The molecule has 2 heteroatoms. The lowest BCUT2D eigenvalue weighted by Gasteiger charge is -2.18. The Labute approximate surface area is 74.4 Å². The Bertz CT molecular complexity index is 204. The number of nitrogens with two attached hydrogens (primary N) is 1. The molecular weight excluding hydrogens is 148 g/mol. The van der Waals surface area contributed by atoms with Crippen LogP contribution < -0.4 is 5.73 Å². The van der Waals surface area contributed by atoms with Gasteiger partial charge in [0.2, 0.25) is 0 Å². The maximum atomic E-state index is 6.00. The van der Waals surface area contributed by atoms with Crippen molar-refractivity contribution in [3.05, 3.63) is 24.5 Å². The molecule has 0 aromatic carbocycles. The molecule has 0 aliphatic heterocycles. The molecular formula is C10H18N2. The summed E-state index contributed by atoms with van der Waals surface area (Å²) in [5.74, 6) is 0.604. The molecule has 0 bridgehead atoms. The summed E-state index contributed by atoms with van der Waals surface area (Å²) in [5.41, 5.74) is 6.00. The summed E-state index contributed by atoms with van der Waals surface area (Å²) in [7, 11) is 0. The van der Waals surface area contributed by atoms with Gasteiger partial charge in [-0.15, -0.1) is 0 Å². The van der Waals surface area contributed by atoms with Crippen LogP contribution in [0.3, 0.4) is 0 Å². The molecule has 68 valence electrons. The van der Waals surface area contributed by atoms with Gasteiger partial charge in [0.1, 0.15) is 0 Å². The molecule has 0 fully saturated rings. The molecule has 2 nitrogen and oxygen atoms in total. The van der Waals surface area contributed by atoms with Crippen molar-refractivity contribution in [3.8, 4) is 0 Å². The third kappa shape index (κ3) is 2.38. The lowest BCUT2D eigenvalue weighted by atomic mass is 10.0. The molecule has 2 atom stereocenters. The summed E-state index contributed by atoms with van der Waals surface area (Å²) in [6.07, 6.45) is 5.27. The van der Waals surface area contributed by atoms with E-state index >= 15 is 0 Å². The van der Waals surface area contributed by atoms with Gasteiger partial charge >= 0.3 is 0 Å². The van der Waals surface area contributed by atoms with E-state index in [2.05, 4.69) is 30.8 Å². The fraction of sp³-hybridized carbons (Fsp3) is 0.600. The zero-order valence-corrected chi connectivity index (χ0v) is 7.90. The van der Waals surface area contributed by atoms with Crippen molar-refractivity contribution >= 4 is 0 Å². The van der Waals surface area contributed by atoms with Crippen LogP contribution in [-0.4, -0.2) is 10.6 Å². The standard InChI is InChI=1S/C10H18N2/c1-3-9(2)10(11)8-12-6-4-5-7-12/h4-7,9-10H,3,8,11H2,1-2H3. The first-order valence-corrected chi connectivity index (χ1v) is 4.60. The molecule has 0 radical (unpaired) electrons. The molecule has 0 amide bonds. The number of rotatable bonds is 4. The number of hydrogen-bond acceptors (Lipinski definition) is 1. The third-order valence-corrected chi connectivity index (χ3v) is 2.46. The highest BCUT2D eigenvalue weighted by atomic mass is 15.0. The molecule has 0 spiro atoms. The molecule has 2 N–H and O–H groups in total. The number of nitrogens with zero attached hydrogens (tertiary/aromatic N) is 1. The molecule has 0 aliphatic carbocycles. The predicted octanol–water partition coefficient (Wildman–Crippen LogP) is 1.86. The van der Waals surface area contributed by atoms with Crippen LogP contribution in [0.4, 0.5) is 0 Å². The van der Waals surface area contributed by atoms with Gasteiger partial charge in [0.25, 0.3) is 0 Å². The average Bonchev–Trinajstić information content (AvgIpc) is 2.55. The van der Waals surface area contributed by atoms with Gasteiger partial charge in [-0.05, 0) is 18.1 Å². The van der Waals surface area contributed by atoms with Gasteiger partial charge in [-0.2, -0.15) is 0 Å². The van der Waals surface area contributed by atoms with E-state index in [0.717, 1.165) is 13.0 Å².